The van der Waals surface area contributed by atoms with Gasteiger partial charge in [-0.1, -0.05) is 6.92 Å². The lowest BCUT2D eigenvalue weighted by Crippen LogP contribution is -2.28. The lowest BCUT2D eigenvalue weighted by atomic mass is 10.0. The van der Waals surface area contributed by atoms with E-state index in [2.05, 4.69) is 11.4 Å². The highest BCUT2D eigenvalue weighted by atomic mass is 16.5. The third-order valence-corrected chi connectivity index (χ3v) is 2.55. The van der Waals surface area contributed by atoms with Crippen LogP contribution in [0.4, 0.5) is 5.69 Å². The monoisotopic (exact) mass is 234 g/mol. The minimum absolute atomic E-state index is 0.132. The van der Waals surface area contributed by atoms with Crippen LogP contribution in [-0.4, -0.2) is 26.9 Å². The molecular formula is C13H18N2O2. The molecule has 0 aliphatic rings. The number of benzene rings is 1. The Kier molecular flexibility index (Phi) is 5.31. The van der Waals surface area contributed by atoms with E-state index in [4.69, 9.17) is 14.7 Å². The quantitative estimate of drug-likeness (QED) is 0.820. The smallest absolute Gasteiger partial charge is 0.119 e. The molecule has 1 N–H and O–H groups in total. The Balaban J connectivity index is 2.64. The molecule has 2 atom stereocenters. The predicted molar refractivity (Wildman–Crippen MR) is 67.1 cm³/mol. The molecule has 17 heavy (non-hydrogen) atoms. The van der Waals surface area contributed by atoms with Crippen LogP contribution in [0, 0.1) is 17.2 Å². The number of methoxy groups -OCH3 is 2. The number of hydrogen-bond acceptors (Lipinski definition) is 4. The molecule has 0 amide bonds. The number of anilines is 1. The molecule has 4 nitrogen and oxygen atoms in total. The molecule has 0 saturated heterocycles. The van der Waals surface area contributed by atoms with E-state index in [-0.39, 0.29) is 12.0 Å². The van der Waals surface area contributed by atoms with Crippen LogP contribution in [0.5, 0.6) is 5.75 Å². The van der Waals surface area contributed by atoms with Gasteiger partial charge in [-0.25, -0.2) is 0 Å². The number of nitrogens with zero attached hydrogens (tertiary/aromatic N) is 1. The Morgan fingerprint density at radius 1 is 1.29 bits per heavy atom. The zero-order valence-corrected chi connectivity index (χ0v) is 10.4. The van der Waals surface area contributed by atoms with Crippen molar-refractivity contribution in [2.45, 2.75) is 13.0 Å². The Morgan fingerprint density at radius 3 is 2.41 bits per heavy atom. The van der Waals surface area contributed by atoms with E-state index in [1.807, 2.05) is 31.2 Å². The highest BCUT2D eigenvalue weighted by Crippen LogP contribution is 2.17. The second-order valence-corrected chi connectivity index (χ2v) is 3.91. The van der Waals surface area contributed by atoms with Crippen LogP contribution in [0.1, 0.15) is 6.92 Å². The van der Waals surface area contributed by atoms with Gasteiger partial charge >= 0.3 is 0 Å². The zero-order chi connectivity index (χ0) is 12.7. The number of nitrogens with one attached hydrogen (secondary N) is 1. The van der Waals surface area contributed by atoms with Crippen molar-refractivity contribution in [2.75, 3.05) is 26.1 Å². The molecular weight excluding hydrogens is 216 g/mol. The number of nitriles is 1. The summed E-state index contributed by atoms with van der Waals surface area (Å²) in [6.45, 7) is 2.54. The molecule has 0 aromatic heterocycles. The first-order chi connectivity index (χ1) is 8.21. The molecule has 1 aromatic rings. The molecule has 0 aliphatic carbocycles. The lowest BCUT2D eigenvalue weighted by molar-refractivity contribution is 0.157. The van der Waals surface area contributed by atoms with Gasteiger partial charge in [-0.15, -0.1) is 0 Å². The van der Waals surface area contributed by atoms with E-state index < -0.39 is 0 Å². The summed E-state index contributed by atoms with van der Waals surface area (Å²) in [7, 11) is 3.26. The second-order valence-electron chi connectivity index (χ2n) is 3.91. The fraction of sp³-hybridized carbons (Fsp3) is 0.462. The van der Waals surface area contributed by atoms with Gasteiger partial charge in [0, 0.05) is 18.7 Å². The first kappa shape index (κ1) is 13.3. The summed E-state index contributed by atoms with van der Waals surface area (Å²) in [4.78, 5) is 0. The third-order valence-electron chi connectivity index (χ3n) is 2.55. The van der Waals surface area contributed by atoms with E-state index >= 15 is 0 Å². The highest BCUT2D eigenvalue weighted by molar-refractivity contribution is 5.48. The molecule has 0 aliphatic heterocycles. The topological polar surface area (TPSA) is 54.3 Å². The number of ether oxygens (including phenoxy) is 2. The van der Waals surface area contributed by atoms with Crippen molar-refractivity contribution in [3.8, 4) is 11.8 Å². The summed E-state index contributed by atoms with van der Waals surface area (Å²) in [5, 5.41) is 12.3. The maximum absolute atomic E-state index is 9.09. The van der Waals surface area contributed by atoms with Gasteiger partial charge in [-0.05, 0) is 24.3 Å². The van der Waals surface area contributed by atoms with Crippen molar-refractivity contribution in [1.29, 1.82) is 5.26 Å². The maximum atomic E-state index is 9.09. The van der Waals surface area contributed by atoms with Crippen molar-refractivity contribution < 1.29 is 9.47 Å². The van der Waals surface area contributed by atoms with Gasteiger partial charge in [-0.3, -0.25) is 0 Å². The van der Waals surface area contributed by atoms with Crippen molar-refractivity contribution >= 4 is 5.69 Å². The molecule has 0 fully saturated rings. The standard InChI is InChI=1S/C13H18N2O2/c1-10(9-16-2)13(8-14)15-11-4-6-12(17-3)7-5-11/h4-7,10,13,15H,9H2,1-3H3. The van der Waals surface area contributed by atoms with Gasteiger partial charge in [0.15, 0.2) is 0 Å². The molecule has 92 valence electrons. The molecule has 1 rings (SSSR count). The molecule has 2 unspecified atom stereocenters. The average molecular weight is 234 g/mol. The van der Waals surface area contributed by atoms with Gasteiger partial charge in [0.25, 0.3) is 0 Å². The summed E-state index contributed by atoms with van der Waals surface area (Å²) in [5.74, 6) is 0.932. The Hall–Kier alpha value is -1.73. The molecule has 0 heterocycles. The number of rotatable bonds is 6. The van der Waals surface area contributed by atoms with Crippen LogP contribution in [0.25, 0.3) is 0 Å². The van der Waals surface area contributed by atoms with Crippen molar-refractivity contribution in [1.82, 2.24) is 0 Å². The van der Waals surface area contributed by atoms with Gasteiger partial charge in [0.2, 0.25) is 0 Å². The van der Waals surface area contributed by atoms with Crippen molar-refractivity contribution in [3.63, 3.8) is 0 Å². The molecule has 0 radical (unpaired) electrons. The highest BCUT2D eigenvalue weighted by Gasteiger charge is 2.16. The third kappa shape index (κ3) is 3.97. The lowest BCUT2D eigenvalue weighted by Gasteiger charge is -2.19. The van der Waals surface area contributed by atoms with Crippen molar-refractivity contribution in [3.05, 3.63) is 24.3 Å². The summed E-state index contributed by atoms with van der Waals surface area (Å²) >= 11 is 0. The van der Waals surface area contributed by atoms with Crippen LogP contribution in [0.15, 0.2) is 24.3 Å². The summed E-state index contributed by atoms with van der Waals surface area (Å²) < 4.78 is 10.1. The summed E-state index contributed by atoms with van der Waals surface area (Å²) in [6.07, 6.45) is 0. The van der Waals surface area contributed by atoms with E-state index in [0.717, 1.165) is 11.4 Å². The minimum atomic E-state index is -0.261. The normalized spacial score (nSPS) is 13.5. The van der Waals surface area contributed by atoms with E-state index in [0.29, 0.717) is 6.61 Å². The van der Waals surface area contributed by atoms with Crippen LogP contribution >= 0.6 is 0 Å². The van der Waals surface area contributed by atoms with Crippen LogP contribution in [-0.2, 0) is 4.74 Å². The van der Waals surface area contributed by atoms with E-state index in [1.165, 1.54) is 0 Å². The fourth-order valence-corrected chi connectivity index (χ4v) is 1.53. The molecule has 0 saturated carbocycles. The van der Waals surface area contributed by atoms with Gasteiger partial charge < -0.3 is 14.8 Å². The Morgan fingerprint density at radius 2 is 1.94 bits per heavy atom. The molecule has 0 spiro atoms. The summed E-state index contributed by atoms with van der Waals surface area (Å²) in [6, 6.07) is 9.48. The van der Waals surface area contributed by atoms with E-state index in [1.54, 1.807) is 14.2 Å². The SMILES string of the molecule is COCC(C)C(C#N)Nc1ccc(OC)cc1. The molecule has 0 bridgehead atoms. The first-order valence-corrected chi connectivity index (χ1v) is 5.50. The Bertz CT molecular complexity index is 370. The maximum Gasteiger partial charge on any atom is 0.119 e. The van der Waals surface area contributed by atoms with Crippen LogP contribution in [0.2, 0.25) is 0 Å². The average Bonchev–Trinajstić information content (AvgIpc) is 2.37. The molecule has 1 aromatic carbocycles. The second kappa shape index (κ2) is 6.77. The predicted octanol–water partition coefficient (Wildman–Crippen LogP) is 2.28. The largest absolute Gasteiger partial charge is 0.497 e. The number of hydrogen-bond donors (Lipinski definition) is 1. The van der Waals surface area contributed by atoms with Gasteiger partial charge in [-0.2, -0.15) is 5.26 Å². The van der Waals surface area contributed by atoms with Crippen LogP contribution in [0.3, 0.4) is 0 Å². The minimum Gasteiger partial charge on any atom is -0.497 e. The van der Waals surface area contributed by atoms with Gasteiger partial charge in [0.05, 0.1) is 19.8 Å². The zero-order valence-electron chi connectivity index (χ0n) is 10.4. The first-order valence-electron chi connectivity index (χ1n) is 5.50. The Labute approximate surface area is 102 Å². The van der Waals surface area contributed by atoms with E-state index in [9.17, 15) is 0 Å². The van der Waals surface area contributed by atoms with Crippen molar-refractivity contribution in [2.24, 2.45) is 5.92 Å². The molecule has 4 heteroatoms. The van der Waals surface area contributed by atoms with Gasteiger partial charge in [0.1, 0.15) is 11.8 Å². The summed E-state index contributed by atoms with van der Waals surface area (Å²) in [5.41, 5.74) is 0.903. The van der Waals surface area contributed by atoms with Crippen LogP contribution < -0.4 is 10.1 Å². The fourth-order valence-electron chi connectivity index (χ4n) is 1.53.